The molecule has 0 fully saturated rings. The first-order chi connectivity index (χ1) is 8.63. The lowest BCUT2D eigenvalue weighted by Gasteiger charge is -2.07. The maximum absolute atomic E-state index is 11.6. The van der Waals surface area contributed by atoms with Crippen LogP contribution in [0, 0.1) is 0 Å². The van der Waals surface area contributed by atoms with Crippen molar-refractivity contribution in [1.82, 2.24) is 4.98 Å². The van der Waals surface area contributed by atoms with Crippen molar-refractivity contribution >= 4 is 29.0 Å². The fourth-order valence-electron chi connectivity index (χ4n) is 1.32. The van der Waals surface area contributed by atoms with Crippen molar-refractivity contribution in [2.75, 3.05) is 10.6 Å². The molecule has 0 spiro atoms. The second kappa shape index (κ2) is 5.37. The smallest absolute Gasteiger partial charge is 0.323 e. The number of phenolic OH excluding ortho intramolecular Hbond substituents is 1. The van der Waals surface area contributed by atoms with Gasteiger partial charge in [0.05, 0.1) is 0 Å². The number of nitrogens with one attached hydrogen (secondary N) is 2. The molecule has 1 aromatic heterocycles. The van der Waals surface area contributed by atoms with Crippen LogP contribution < -0.4 is 10.6 Å². The lowest BCUT2D eigenvalue weighted by molar-refractivity contribution is 0.262. The Labute approximate surface area is 108 Å². The van der Waals surface area contributed by atoms with Crippen LogP contribution in [0.4, 0.5) is 16.2 Å². The number of anilines is 2. The first kappa shape index (κ1) is 12.2. The van der Waals surface area contributed by atoms with Crippen LogP contribution in [0.15, 0.2) is 42.6 Å². The van der Waals surface area contributed by atoms with Gasteiger partial charge in [-0.2, -0.15) is 0 Å². The number of rotatable bonds is 2. The van der Waals surface area contributed by atoms with Crippen molar-refractivity contribution in [3.8, 4) is 5.75 Å². The highest BCUT2D eigenvalue weighted by atomic mass is 35.5. The highest BCUT2D eigenvalue weighted by molar-refractivity contribution is 6.29. The molecule has 0 bridgehead atoms. The van der Waals surface area contributed by atoms with E-state index in [0.29, 0.717) is 16.5 Å². The maximum Gasteiger partial charge on any atom is 0.323 e. The number of pyridine rings is 1. The Morgan fingerprint density at radius 3 is 2.44 bits per heavy atom. The Kier molecular flexibility index (Phi) is 3.64. The molecule has 2 rings (SSSR count). The summed E-state index contributed by atoms with van der Waals surface area (Å²) in [4.78, 5) is 15.4. The summed E-state index contributed by atoms with van der Waals surface area (Å²) in [6.07, 6.45) is 1.50. The summed E-state index contributed by atoms with van der Waals surface area (Å²) in [5, 5.41) is 14.6. The average Bonchev–Trinajstić information content (AvgIpc) is 2.32. The molecule has 5 nitrogen and oxygen atoms in total. The van der Waals surface area contributed by atoms with E-state index in [1.165, 1.54) is 24.4 Å². The molecule has 0 radical (unpaired) electrons. The van der Waals surface area contributed by atoms with Crippen LogP contribution in [0.5, 0.6) is 5.75 Å². The zero-order valence-electron chi connectivity index (χ0n) is 9.22. The fraction of sp³-hybridized carbons (Fsp3) is 0. The summed E-state index contributed by atoms with van der Waals surface area (Å²) in [5.74, 6) is 0.141. The molecular weight excluding hydrogens is 254 g/mol. The molecule has 1 heterocycles. The van der Waals surface area contributed by atoms with Gasteiger partial charge in [0.1, 0.15) is 10.9 Å². The number of halogens is 1. The van der Waals surface area contributed by atoms with Gasteiger partial charge in [0, 0.05) is 17.6 Å². The number of phenols is 1. The van der Waals surface area contributed by atoms with Crippen LogP contribution >= 0.6 is 11.6 Å². The van der Waals surface area contributed by atoms with Crippen molar-refractivity contribution in [3.63, 3.8) is 0 Å². The first-order valence-electron chi connectivity index (χ1n) is 5.12. The molecule has 2 amide bonds. The van der Waals surface area contributed by atoms with Crippen molar-refractivity contribution in [3.05, 3.63) is 47.7 Å². The van der Waals surface area contributed by atoms with Crippen molar-refractivity contribution in [2.45, 2.75) is 0 Å². The highest BCUT2D eigenvalue weighted by Crippen LogP contribution is 2.15. The summed E-state index contributed by atoms with van der Waals surface area (Å²) >= 11 is 5.70. The number of nitrogens with zero attached hydrogens (tertiary/aromatic N) is 1. The van der Waals surface area contributed by atoms with E-state index in [9.17, 15) is 4.79 Å². The van der Waals surface area contributed by atoms with Gasteiger partial charge in [0.25, 0.3) is 0 Å². The van der Waals surface area contributed by atoms with Gasteiger partial charge in [-0.1, -0.05) is 11.6 Å². The van der Waals surface area contributed by atoms with Gasteiger partial charge in [-0.05, 0) is 36.4 Å². The van der Waals surface area contributed by atoms with Crippen LogP contribution in [0.25, 0.3) is 0 Å². The number of carbonyl (C=O) groups excluding carboxylic acids is 1. The van der Waals surface area contributed by atoms with Gasteiger partial charge >= 0.3 is 6.03 Å². The topological polar surface area (TPSA) is 74.2 Å². The average molecular weight is 264 g/mol. The number of urea groups is 1. The van der Waals surface area contributed by atoms with Crippen molar-refractivity contribution < 1.29 is 9.90 Å². The molecule has 2 aromatic rings. The van der Waals surface area contributed by atoms with E-state index in [1.54, 1.807) is 18.2 Å². The summed E-state index contributed by atoms with van der Waals surface area (Å²) < 4.78 is 0. The molecule has 0 aliphatic carbocycles. The number of hydrogen-bond acceptors (Lipinski definition) is 3. The Bertz CT molecular complexity index is 558. The number of aromatic hydroxyl groups is 1. The summed E-state index contributed by atoms with van der Waals surface area (Å²) in [7, 11) is 0. The molecule has 0 unspecified atom stereocenters. The fourth-order valence-corrected chi connectivity index (χ4v) is 1.49. The van der Waals surface area contributed by atoms with E-state index in [1.807, 2.05) is 0 Å². The largest absolute Gasteiger partial charge is 0.508 e. The van der Waals surface area contributed by atoms with Crippen molar-refractivity contribution in [1.29, 1.82) is 0 Å². The van der Waals surface area contributed by atoms with E-state index in [4.69, 9.17) is 16.7 Å². The molecule has 0 saturated heterocycles. The number of benzene rings is 1. The molecule has 92 valence electrons. The molecule has 0 saturated carbocycles. The molecular formula is C12H10ClN3O2. The number of hydrogen-bond donors (Lipinski definition) is 3. The van der Waals surface area contributed by atoms with E-state index in [0.717, 1.165) is 0 Å². The minimum atomic E-state index is -0.400. The second-order valence-electron chi connectivity index (χ2n) is 3.49. The highest BCUT2D eigenvalue weighted by Gasteiger charge is 2.03. The predicted molar refractivity (Wildman–Crippen MR) is 70.0 cm³/mol. The van der Waals surface area contributed by atoms with E-state index < -0.39 is 6.03 Å². The van der Waals surface area contributed by atoms with Crippen LogP contribution in [0.2, 0.25) is 5.15 Å². The zero-order valence-corrected chi connectivity index (χ0v) is 9.98. The molecule has 3 N–H and O–H groups in total. The molecule has 0 aliphatic rings. The van der Waals surface area contributed by atoms with Gasteiger partial charge in [0.15, 0.2) is 0 Å². The molecule has 0 aliphatic heterocycles. The number of aromatic nitrogens is 1. The quantitative estimate of drug-likeness (QED) is 0.576. The minimum Gasteiger partial charge on any atom is -0.508 e. The third-order valence-corrected chi connectivity index (χ3v) is 2.32. The number of amides is 2. The monoisotopic (exact) mass is 263 g/mol. The zero-order chi connectivity index (χ0) is 13.0. The van der Waals surface area contributed by atoms with Gasteiger partial charge in [-0.15, -0.1) is 0 Å². The Morgan fingerprint density at radius 1 is 1.11 bits per heavy atom. The normalized spacial score (nSPS) is 9.83. The first-order valence-corrected chi connectivity index (χ1v) is 5.50. The van der Waals surface area contributed by atoms with Gasteiger partial charge < -0.3 is 15.7 Å². The van der Waals surface area contributed by atoms with E-state index in [2.05, 4.69) is 15.6 Å². The van der Waals surface area contributed by atoms with Crippen LogP contribution in [0.1, 0.15) is 0 Å². The van der Waals surface area contributed by atoms with Crippen LogP contribution in [-0.2, 0) is 0 Å². The lowest BCUT2D eigenvalue weighted by Crippen LogP contribution is -2.19. The van der Waals surface area contributed by atoms with Crippen molar-refractivity contribution in [2.24, 2.45) is 0 Å². The molecule has 18 heavy (non-hydrogen) atoms. The van der Waals surface area contributed by atoms with E-state index in [-0.39, 0.29) is 5.75 Å². The van der Waals surface area contributed by atoms with Crippen LogP contribution in [-0.4, -0.2) is 16.1 Å². The third-order valence-electron chi connectivity index (χ3n) is 2.11. The SMILES string of the molecule is O=C(Nc1ccc(O)cc1)Nc1ccnc(Cl)c1. The van der Waals surface area contributed by atoms with E-state index >= 15 is 0 Å². The summed E-state index contributed by atoms with van der Waals surface area (Å²) in [6, 6.07) is 8.92. The number of carbonyl (C=O) groups is 1. The Morgan fingerprint density at radius 2 is 1.78 bits per heavy atom. The predicted octanol–water partition coefficient (Wildman–Crippen LogP) is 3.08. The van der Waals surface area contributed by atoms with Gasteiger partial charge in [-0.25, -0.2) is 9.78 Å². The molecule has 0 atom stereocenters. The second-order valence-corrected chi connectivity index (χ2v) is 3.88. The van der Waals surface area contributed by atoms with Crippen LogP contribution in [0.3, 0.4) is 0 Å². The van der Waals surface area contributed by atoms with Gasteiger partial charge in [-0.3, -0.25) is 0 Å². The standard InChI is InChI=1S/C12H10ClN3O2/c13-11-7-9(5-6-14-11)16-12(18)15-8-1-3-10(17)4-2-8/h1-7,17H,(H2,14,15,16,18). The molecule has 1 aromatic carbocycles. The lowest BCUT2D eigenvalue weighted by atomic mass is 10.3. The third kappa shape index (κ3) is 3.36. The molecule has 6 heteroatoms. The van der Waals surface area contributed by atoms with Gasteiger partial charge in [0.2, 0.25) is 0 Å². The Balaban J connectivity index is 1.98. The Hall–Kier alpha value is -2.27. The minimum absolute atomic E-state index is 0.141. The summed E-state index contributed by atoms with van der Waals surface area (Å²) in [5.41, 5.74) is 1.12. The summed E-state index contributed by atoms with van der Waals surface area (Å²) in [6.45, 7) is 0. The maximum atomic E-state index is 11.6.